The van der Waals surface area contributed by atoms with E-state index in [0.29, 0.717) is 13.1 Å². The molecule has 2 rings (SSSR count). The van der Waals surface area contributed by atoms with Crippen molar-refractivity contribution in [3.63, 3.8) is 0 Å². The van der Waals surface area contributed by atoms with Gasteiger partial charge in [0.15, 0.2) is 0 Å². The number of hydrogen-bond donors (Lipinski definition) is 2. The van der Waals surface area contributed by atoms with Gasteiger partial charge in [0.1, 0.15) is 12.7 Å². The molecule has 0 spiro atoms. The molecule has 0 heterocycles. The van der Waals surface area contributed by atoms with E-state index in [1.165, 1.54) is 12.8 Å². The molecule has 22 heavy (non-hydrogen) atoms. The summed E-state index contributed by atoms with van der Waals surface area (Å²) in [5.74, 6) is 6.11. The summed E-state index contributed by atoms with van der Waals surface area (Å²) in [5.41, 5.74) is 7.69. The molecular formula is C18H24N2O2. The van der Waals surface area contributed by atoms with Crippen LogP contribution in [-0.2, 0) is 22.6 Å². The third-order valence-electron chi connectivity index (χ3n) is 3.70. The fourth-order valence-electron chi connectivity index (χ4n) is 2.32. The van der Waals surface area contributed by atoms with Gasteiger partial charge < -0.3 is 15.8 Å². The summed E-state index contributed by atoms with van der Waals surface area (Å²) < 4.78 is 5.60. The molecule has 0 aromatic heterocycles. The van der Waals surface area contributed by atoms with Crippen molar-refractivity contribution in [1.82, 2.24) is 5.32 Å². The van der Waals surface area contributed by atoms with Crippen molar-refractivity contribution >= 4 is 5.91 Å². The molecule has 0 saturated heterocycles. The average molecular weight is 300 g/mol. The van der Waals surface area contributed by atoms with Crippen LogP contribution < -0.4 is 11.1 Å². The van der Waals surface area contributed by atoms with Crippen LogP contribution in [0.15, 0.2) is 24.3 Å². The number of nitrogens with two attached hydrogens (primary N) is 1. The second-order valence-electron chi connectivity index (χ2n) is 5.52. The molecule has 1 aromatic rings. The van der Waals surface area contributed by atoms with Gasteiger partial charge in [0, 0.05) is 19.5 Å². The van der Waals surface area contributed by atoms with E-state index in [4.69, 9.17) is 10.5 Å². The van der Waals surface area contributed by atoms with Gasteiger partial charge in [0.05, 0.1) is 0 Å². The monoisotopic (exact) mass is 300 g/mol. The average Bonchev–Trinajstić information content (AvgIpc) is 2.52. The molecule has 0 aliphatic heterocycles. The minimum Gasteiger partial charge on any atom is -0.356 e. The predicted octanol–water partition coefficient (Wildman–Crippen LogP) is 2.11. The minimum absolute atomic E-state index is 0.0697. The summed E-state index contributed by atoms with van der Waals surface area (Å²) >= 11 is 0. The van der Waals surface area contributed by atoms with Crippen LogP contribution in [0, 0.1) is 11.8 Å². The van der Waals surface area contributed by atoms with E-state index in [1.807, 2.05) is 24.3 Å². The van der Waals surface area contributed by atoms with Gasteiger partial charge in [-0.3, -0.25) is 4.79 Å². The first kappa shape index (κ1) is 16.5. The second kappa shape index (κ2) is 9.24. The molecule has 0 bridgehead atoms. The zero-order valence-corrected chi connectivity index (χ0v) is 12.9. The topological polar surface area (TPSA) is 64.3 Å². The fraction of sp³-hybridized carbons (Fsp3) is 0.500. The van der Waals surface area contributed by atoms with Gasteiger partial charge in [-0.05, 0) is 30.4 Å². The van der Waals surface area contributed by atoms with Crippen molar-refractivity contribution in [1.29, 1.82) is 0 Å². The Bertz CT molecular complexity index is 528. The third kappa shape index (κ3) is 5.88. The van der Waals surface area contributed by atoms with Crippen LogP contribution in [-0.4, -0.2) is 18.6 Å². The van der Waals surface area contributed by atoms with Crippen LogP contribution in [0.2, 0.25) is 0 Å². The molecule has 1 amide bonds. The first-order chi connectivity index (χ1) is 10.8. The summed E-state index contributed by atoms with van der Waals surface area (Å²) in [6.45, 7) is 1.10. The lowest BCUT2D eigenvalue weighted by Gasteiger charge is -2.13. The summed E-state index contributed by atoms with van der Waals surface area (Å²) in [6, 6.07) is 7.90. The third-order valence-corrected chi connectivity index (χ3v) is 3.70. The number of carbonyl (C=O) groups excluding carboxylic acids is 1. The van der Waals surface area contributed by atoms with Crippen molar-refractivity contribution in [2.24, 2.45) is 5.73 Å². The van der Waals surface area contributed by atoms with Gasteiger partial charge >= 0.3 is 0 Å². The van der Waals surface area contributed by atoms with Gasteiger partial charge in [0.2, 0.25) is 5.91 Å². The maximum atomic E-state index is 11.8. The van der Waals surface area contributed by atoms with Crippen molar-refractivity contribution in [3.05, 3.63) is 35.4 Å². The molecule has 118 valence electrons. The number of rotatable bonds is 6. The van der Waals surface area contributed by atoms with Crippen LogP contribution in [0.1, 0.15) is 43.2 Å². The second-order valence-corrected chi connectivity index (χ2v) is 5.52. The predicted molar refractivity (Wildman–Crippen MR) is 86.8 cm³/mol. The molecular weight excluding hydrogens is 276 g/mol. The molecule has 0 radical (unpaired) electrons. The zero-order valence-electron chi connectivity index (χ0n) is 12.9. The van der Waals surface area contributed by atoms with E-state index in [2.05, 4.69) is 17.2 Å². The van der Waals surface area contributed by atoms with Gasteiger partial charge in [-0.25, -0.2) is 0 Å². The molecule has 1 aliphatic rings. The van der Waals surface area contributed by atoms with Crippen molar-refractivity contribution in [3.8, 4) is 11.8 Å². The number of amides is 1. The molecule has 4 heteroatoms. The van der Waals surface area contributed by atoms with Crippen molar-refractivity contribution < 1.29 is 9.53 Å². The van der Waals surface area contributed by atoms with E-state index >= 15 is 0 Å². The highest BCUT2D eigenvalue weighted by atomic mass is 16.5. The van der Waals surface area contributed by atoms with Gasteiger partial charge in [-0.1, -0.05) is 36.6 Å². The number of benzene rings is 1. The number of ether oxygens (including phenoxy) is 1. The van der Waals surface area contributed by atoms with Crippen LogP contribution >= 0.6 is 0 Å². The molecule has 1 atom stereocenters. The molecule has 3 N–H and O–H groups in total. The van der Waals surface area contributed by atoms with E-state index < -0.39 is 0 Å². The quantitative estimate of drug-likeness (QED) is 0.791. The van der Waals surface area contributed by atoms with Gasteiger partial charge in [-0.15, -0.1) is 5.92 Å². The highest BCUT2D eigenvalue weighted by molar-refractivity contribution is 5.77. The molecule has 1 unspecified atom stereocenters. The maximum absolute atomic E-state index is 11.8. The number of nitrogens with one attached hydrogen (secondary N) is 1. The van der Waals surface area contributed by atoms with Crippen LogP contribution in [0.4, 0.5) is 0 Å². The first-order valence-corrected chi connectivity index (χ1v) is 7.92. The first-order valence-electron chi connectivity index (χ1n) is 7.92. The van der Waals surface area contributed by atoms with Crippen LogP contribution in [0.5, 0.6) is 0 Å². The van der Waals surface area contributed by atoms with Gasteiger partial charge in [0.25, 0.3) is 0 Å². The standard InChI is InChI=1S/C18H24N2O2/c19-12-15-8-10-16(11-9-15)13-20-18(21)14-22-17-6-4-2-1-3-5-7-17/h8-11,17H,1-4,6,12-14,19H2,(H,20,21). The Labute approximate surface area is 132 Å². The highest BCUT2D eigenvalue weighted by Gasteiger charge is 2.10. The lowest BCUT2D eigenvalue weighted by Crippen LogP contribution is -2.29. The Morgan fingerprint density at radius 3 is 2.77 bits per heavy atom. The molecule has 1 aliphatic carbocycles. The fourth-order valence-corrected chi connectivity index (χ4v) is 2.32. The van der Waals surface area contributed by atoms with Crippen molar-refractivity contribution in [2.45, 2.75) is 51.3 Å². The molecule has 1 aromatic carbocycles. The number of hydrogen-bond acceptors (Lipinski definition) is 3. The maximum Gasteiger partial charge on any atom is 0.246 e. The Morgan fingerprint density at radius 2 is 2.00 bits per heavy atom. The summed E-state index contributed by atoms with van der Waals surface area (Å²) in [7, 11) is 0. The smallest absolute Gasteiger partial charge is 0.246 e. The van der Waals surface area contributed by atoms with E-state index in [9.17, 15) is 4.79 Å². The van der Waals surface area contributed by atoms with Crippen molar-refractivity contribution in [2.75, 3.05) is 6.61 Å². The molecule has 0 saturated carbocycles. The van der Waals surface area contributed by atoms with E-state index in [-0.39, 0.29) is 18.6 Å². The zero-order chi connectivity index (χ0) is 15.6. The largest absolute Gasteiger partial charge is 0.356 e. The lowest BCUT2D eigenvalue weighted by atomic mass is 10.1. The Balaban J connectivity index is 1.70. The Hall–Kier alpha value is -1.83. The minimum atomic E-state index is -0.105. The Morgan fingerprint density at radius 1 is 1.23 bits per heavy atom. The normalized spacial score (nSPS) is 17.8. The molecule has 0 fully saturated rings. The van der Waals surface area contributed by atoms with Gasteiger partial charge in [-0.2, -0.15) is 0 Å². The Kier molecular flexibility index (Phi) is 6.95. The molecule has 4 nitrogen and oxygen atoms in total. The van der Waals surface area contributed by atoms with Crippen LogP contribution in [0.3, 0.4) is 0 Å². The SMILES string of the molecule is NCc1ccc(CNC(=O)COC2C#CCCCCC2)cc1. The highest BCUT2D eigenvalue weighted by Crippen LogP contribution is 2.10. The summed E-state index contributed by atoms with van der Waals surface area (Å²) in [6.07, 6.45) is 5.23. The van der Waals surface area contributed by atoms with Crippen LogP contribution in [0.25, 0.3) is 0 Å². The number of carbonyl (C=O) groups is 1. The lowest BCUT2D eigenvalue weighted by molar-refractivity contribution is -0.127. The van der Waals surface area contributed by atoms with E-state index in [0.717, 1.165) is 30.4 Å². The summed E-state index contributed by atoms with van der Waals surface area (Å²) in [5, 5.41) is 2.86. The summed E-state index contributed by atoms with van der Waals surface area (Å²) in [4.78, 5) is 11.8. The van der Waals surface area contributed by atoms with E-state index in [1.54, 1.807) is 0 Å².